The number of fused-ring (bicyclic) bond motifs is 2. The lowest BCUT2D eigenvalue weighted by molar-refractivity contribution is 0.0382. The number of hydrogen-bond donors (Lipinski definition) is 3. The summed E-state index contributed by atoms with van der Waals surface area (Å²) in [4.78, 5) is 37.9. The molecule has 0 spiro atoms. The summed E-state index contributed by atoms with van der Waals surface area (Å²) in [5.41, 5.74) is 2.61. The molecular weight excluding hydrogens is 394 g/mol. The number of carbonyl (C=O) groups excluding carboxylic acids is 1. The number of amides is 1. The van der Waals surface area contributed by atoms with E-state index in [1.165, 1.54) is 6.20 Å². The van der Waals surface area contributed by atoms with E-state index in [-0.39, 0.29) is 11.5 Å². The zero-order chi connectivity index (χ0) is 21.2. The molecule has 1 fully saturated rings. The van der Waals surface area contributed by atoms with E-state index in [9.17, 15) is 9.59 Å². The van der Waals surface area contributed by atoms with E-state index in [4.69, 9.17) is 4.74 Å². The molecule has 0 atom stereocenters. The van der Waals surface area contributed by atoms with Crippen LogP contribution in [0.3, 0.4) is 0 Å². The summed E-state index contributed by atoms with van der Waals surface area (Å²) in [5, 5.41) is 4.04. The number of nitrogens with one attached hydrogen (secondary N) is 3. The number of morpholine rings is 1. The van der Waals surface area contributed by atoms with Crippen molar-refractivity contribution in [1.29, 1.82) is 0 Å². The van der Waals surface area contributed by atoms with Gasteiger partial charge in [0.05, 0.1) is 29.8 Å². The smallest absolute Gasteiger partial charge is 0.257 e. The van der Waals surface area contributed by atoms with Crippen LogP contribution in [0.15, 0.2) is 53.5 Å². The van der Waals surface area contributed by atoms with Gasteiger partial charge in [0.25, 0.3) is 11.5 Å². The number of aromatic amines is 2. The Morgan fingerprint density at radius 3 is 2.77 bits per heavy atom. The first-order chi connectivity index (χ1) is 15.2. The second-order valence-electron chi connectivity index (χ2n) is 7.65. The largest absolute Gasteiger partial charge is 0.379 e. The minimum atomic E-state index is -0.279. The van der Waals surface area contributed by atoms with E-state index in [0.717, 1.165) is 56.1 Å². The zero-order valence-electron chi connectivity index (χ0n) is 17.0. The quantitative estimate of drug-likeness (QED) is 0.463. The van der Waals surface area contributed by atoms with Crippen LogP contribution < -0.4 is 10.9 Å². The third-order valence-electron chi connectivity index (χ3n) is 5.61. The number of carbonyl (C=O) groups is 1. The van der Waals surface area contributed by atoms with Gasteiger partial charge in [-0.15, -0.1) is 0 Å². The first-order valence-electron chi connectivity index (χ1n) is 10.4. The summed E-state index contributed by atoms with van der Waals surface area (Å²) >= 11 is 0. The third-order valence-corrected chi connectivity index (χ3v) is 5.61. The van der Waals surface area contributed by atoms with E-state index < -0.39 is 0 Å². The number of ether oxygens (including phenoxy) is 1. The molecule has 0 unspecified atom stereocenters. The second kappa shape index (κ2) is 8.33. The highest BCUT2D eigenvalue weighted by molar-refractivity contribution is 6.12. The average molecular weight is 417 g/mol. The number of nitrogens with zero attached hydrogens (tertiary/aromatic N) is 2. The molecule has 8 nitrogen and oxygen atoms in total. The second-order valence-corrected chi connectivity index (χ2v) is 7.65. The molecule has 0 radical (unpaired) electrons. The Balaban J connectivity index is 1.33. The number of pyridine rings is 1. The fourth-order valence-corrected chi connectivity index (χ4v) is 3.94. The summed E-state index contributed by atoms with van der Waals surface area (Å²) in [6.07, 6.45) is 2.29. The molecule has 4 aromatic rings. The van der Waals surface area contributed by atoms with Crippen molar-refractivity contribution in [3.8, 4) is 0 Å². The number of rotatable bonds is 5. The molecule has 0 aliphatic carbocycles. The van der Waals surface area contributed by atoms with Gasteiger partial charge in [-0.2, -0.15) is 0 Å². The van der Waals surface area contributed by atoms with Crippen molar-refractivity contribution in [2.45, 2.75) is 6.42 Å². The van der Waals surface area contributed by atoms with Crippen LogP contribution in [-0.4, -0.2) is 58.6 Å². The lowest BCUT2D eigenvalue weighted by Gasteiger charge is -2.25. The summed E-state index contributed by atoms with van der Waals surface area (Å²) in [7, 11) is 0. The fraction of sp³-hybridized carbons (Fsp3) is 0.261. The first-order valence-corrected chi connectivity index (χ1v) is 10.4. The predicted octanol–water partition coefficient (Wildman–Crippen LogP) is 2.53. The fourth-order valence-electron chi connectivity index (χ4n) is 3.94. The number of imidazole rings is 1. The predicted molar refractivity (Wildman–Crippen MR) is 120 cm³/mol. The molecule has 2 aromatic heterocycles. The number of aromatic nitrogens is 3. The highest BCUT2D eigenvalue weighted by atomic mass is 16.5. The molecule has 8 heteroatoms. The molecule has 0 bridgehead atoms. The van der Waals surface area contributed by atoms with Crippen molar-refractivity contribution >= 4 is 33.4 Å². The maximum Gasteiger partial charge on any atom is 0.257 e. The zero-order valence-corrected chi connectivity index (χ0v) is 17.0. The summed E-state index contributed by atoms with van der Waals surface area (Å²) in [6.45, 7) is 4.42. The van der Waals surface area contributed by atoms with Gasteiger partial charge in [0, 0.05) is 48.7 Å². The van der Waals surface area contributed by atoms with Crippen molar-refractivity contribution < 1.29 is 9.53 Å². The SMILES string of the molecule is O=C(Nc1ccc2nc(CCN3CCOCC3)[nH]c2c1)c1c[nH]c(=O)c2ccccc12. The van der Waals surface area contributed by atoms with Gasteiger partial charge >= 0.3 is 0 Å². The van der Waals surface area contributed by atoms with Crippen LogP contribution in [0.5, 0.6) is 0 Å². The van der Waals surface area contributed by atoms with Crippen LogP contribution in [-0.2, 0) is 11.2 Å². The molecule has 1 saturated heterocycles. The maximum absolute atomic E-state index is 12.9. The monoisotopic (exact) mass is 417 g/mol. The van der Waals surface area contributed by atoms with Gasteiger partial charge in [0.1, 0.15) is 5.82 Å². The van der Waals surface area contributed by atoms with Gasteiger partial charge in [0.2, 0.25) is 0 Å². The summed E-state index contributed by atoms with van der Waals surface area (Å²) < 4.78 is 5.39. The molecule has 0 saturated carbocycles. The molecule has 158 valence electrons. The Hall–Kier alpha value is -3.49. The van der Waals surface area contributed by atoms with E-state index in [1.54, 1.807) is 18.2 Å². The highest BCUT2D eigenvalue weighted by Gasteiger charge is 2.14. The maximum atomic E-state index is 12.9. The lowest BCUT2D eigenvalue weighted by atomic mass is 10.1. The minimum Gasteiger partial charge on any atom is -0.379 e. The first kappa shape index (κ1) is 19.5. The normalized spacial score (nSPS) is 14.8. The Morgan fingerprint density at radius 2 is 1.94 bits per heavy atom. The lowest BCUT2D eigenvalue weighted by Crippen LogP contribution is -2.37. The van der Waals surface area contributed by atoms with Crippen LogP contribution in [0.25, 0.3) is 21.8 Å². The van der Waals surface area contributed by atoms with Crippen molar-refractivity contribution in [3.63, 3.8) is 0 Å². The van der Waals surface area contributed by atoms with Gasteiger partial charge < -0.3 is 20.0 Å². The van der Waals surface area contributed by atoms with Crippen LogP contribution >= 0.6 is 0 Å². The molecular formula is C23H23N5O3. The van der Waals surface area contributed by atoms with Crippen molar-refractivity contribution in [3.05, 3.63) is 70.4 Å². The number of hydrogen-bond acceptors (Lipinski definition) is 5. The van der Waals surface area contributed by atoms with Crippen LogP contribution in [0, 0.1) is 0 Å². The Labute approximate surface area is 178 Å². The van der Waals surface area contributed by atoms with E-state index in [0.29, 0.717) is 22.0 Å². The van der Waals surface area contributed by atoms with Crippen molar-refractivity contribution in [1.82, 2.24) is 19.9 Å². The highest BCUT2D eigenvalue weighted by Crippen LogP contribution is 2.20. The van der Waals surface area contributed by atoms with Crippen LogP contribution in [0.1, 0.15) is 16.2 Å². The topological polar surface area (TPSA) is 103 Å². The summed E-state index contributed by atoms with van der Waals surface area (Å²) in [5.74, 6) is 0.649. The minimum absolute atomic E-state index is 0.212. The molecule has 2 aromatic carbocycles. The van der Waals surface area contributed by atoms with Gasteiger partial charge in [-0.05, 0) is 24.3 Å². The molecule has 1 aliphatic rings. The molecule has 5 rings (SSSR count). The molecule has 1 aliphatic heterocycles. The number of anilines is 1. The van der Waals surface area contributed by atoms with Gasteiger partial charge in [-0.25, -0.2) is 4.98 Å². The Morgan fingerprint density at radius 1 is 1.13 bits per heavy atom. The van der Waals surface area contributed by atoms with Gasteiger partial charge in [0.15, 0.2) is 0 Å². The van der Waals surface area contributed by atoms with Crippen molar-refractivity contribution in [2.75, 3.05) is 38.2 Å². The number of H-pyrrole nitrogens is 2. The molecule has 31 heavy (non-hydrogen) atoms. The third kappa shape index (κ3) is 4.08. The molecule has 3 N–H and O–H groups in total. The van der Waals surface area contributed by atoms with Gasteiger partial charge in [-0.3, -0.25) is 14.5 Å². The van der Waals surface area contributed by atoms with Crippen molar-refractivity contribution in [2.24, 2.45) is 0 Å². The van der Waals surface area contributed by atoms with Crippen LogP contribution in [0.4, 0.5) is 5.69 Å². The number of benzene rings is 2. The van der Waals surface area contributed by atoms with E-state index in [2.05, 4.69) is 25.2 Å². The Kier molecular flexibility index (Phi) is 5.23. The summed E-state index contributed by atoms with van der Waals surface area (Å²) in [6, 6.07) is 12.7. The molecule has 3 heterocycles. The van der Waals surface area contributed by atoms with E-state index in [1.807, 2.05) is 24.3 Å². The standard InChI is InChI=1S/C23H23N5O3/c29-22-17-4-2-1-3-16(17)18(14-24-22)23(30)25-15-5-6-19-20(13-15)27-21(26-19)7-8-28-9-11-31-12-10-28/h1-6,13-14H,7-12H2,(H,24,29)(H,25,30)(H,26,27). The average Bonchev–Trinajstić information content (AvgIpc) is 3.21. The van der Waals surface area contributed by atoms with E-state index >= 15 is 0 Å². The Bertz CT molecular complexity index is 1300. The van der Waals surface area contributed by atoms with Crippen LogP contribution in [0.2, 0.25) is 0 Å². The molecule has 1 amide bonds. The van der Waals surface area contributed by atoms with Gasteiger partial charge in [-0.1, -0.05) is 18.2 Å².